The highest BCUT2D eigenvalue weighted by Gasteiger charge is 2.14. The molecule has 0 bridgehead atoms. The van der Waals surface area contributed by atoms with Crippen LogP contribution in [-0.4, -0.2) is 42.2 Å². The summed E-state index contributed by atoms with van der Waals surface area (Å²) < 4.78 is 3.52. The Hall–Kier alpha value is -0.840. The highest BCUT2D eigenvalue weighted by molar-refractivity contribution is 9.10. The van der Waals surface area contributed by atoms with Gasteiger partial charge in [0.2, 0.25) is 0 Å². The van der Waals surface area contributed by atoms with Crippen LogP contribution in [0.4, 0.5) is 0 Å². The number of fused-ring (bicyclic) bond motifs is 1. The van der Waals surface area contributed by atoms with Gasteiger partial charge in [0, 0.05) is 67.3 Å². The van der Waals surface area contributed by atoms with Crippen LogP contribution in [0.2, 0.25) is 0 Å². The molecule has 2 heterocycles. The van der Waals surface area contributed by atoms with Crippen molar-refractivity contribution in [1.82, 2.24) is 14.8 Å². The largest absolute Gasteiger partial charge is 0.347 e. The van der Waals surface area contributed by atoms with Gasteiger partial charge in [-0.05, 0) is 30.7 Å². The fraction of sp³-hybridized carbons (Fsp3) is 0.500. The summed E-state index contributed by atoms with van der Waals surface area (Å²) in [6, 6.07) is 6.57. The predicted octanol–water partition coefficient (Wildman–Crippen LogP) is 2.70. The van der Waals surface area contributed by atoms with Gasteiger partial charge in [0.1, 0.15) is 0 Å². The van der Waals surface area contributed by atoms with Crippen molar-refractivity contribution in [3.8, 4) is 0 Å². The zero-order valence-corrected chi connectivity index (χ0v) is 13.8. The molecule has 1 saturated heterocycles. The molecule has 1 aromatic heterocycles. The van der Waals surface area contributed by atoms with E-state index in [1.165, 1.54) is 35.2 Å². The summed E-state index contributed by atoms with van der Waals surface area (Å²) in [5.41, 5.74) is 4.23. The van der Waals surface area contributed by atoms with Crippen molar-refractivity contribution in [2.24, 2.45) is 7.05 Å². The number of aromatic nitrogens is 1. The van der Waals surface area contributed by atoms with Gasteiger partial charge in [0.15, 0.2) is 0 Å². The average Bonchev–Trinajstić information content (AvgIpc) is 2.70. The van der Waals surface area contributed by atoms with Crippen LogP contribution in [0.15, 0.2) is 22.7 Å². The van der Waals surface area contributed by atoms with Crippen molar-refractivity contribution in [3.05, 3.63) is 33.9 Å². The Labute approximate surface area is 129 Å². The Morgan fingerprint density at radius 1 is 1.25 bits per heavy atom. The van der Waals surface area contributed by atoms with Crippen molar-refractivity contribution in [1.29, 1.82) is 0 Å². The fourth-order valence-electron chi connectivity index (χ4n) is 3.21. The lowest BCUT2D eigenvalue weighted by Crippen LogP contribution is -2.44. The lowest BCUT2D eigenvalue weighted by Gasteiger charge is -2.27. The maximum atomic E-state index is 3.58. The number of benzene rings is 1. The monoisotopic (exact) mass is 335 g/mol. The van der Waals surface area contributed by atoms with E-state index >= 15 is 0 Å². The molecule has 2 aromatic rings. The number of piperazine rings is 1. The normalized spacial score (nSPS) is 16.9. The van der Waals surface area contributed by atoms with Gasteiger partial charge in [-0.1, -0.05) is 15.9 Å². The van der Waals surface area contributed by atoms with E-state index in [0.29, 0.717) is 0 Å². The van der Waals surface area contributed by atoms with E-state index in [-0.39, 0.29) is 0 Å². The maximum absolute atomic E-state index is 3.58. The minimum atomic E-state index is 1.13. The molecule has 1 aliphatic rings. The van der Waals surface area contributed by atoms with E-state index in [2.05, 4.69) is 62.9 Å². The Balaban J connectivity index is 1.83. The molecule has 0 saturated carbocycles. The molecule has 1 fully saturated rings. The summed E-state index contributed by atoms with van der Waals surface area (Å²) in [5, 5.41) is 4.78. The fourth-order valence-corrected chi connectivity index (χ4v) is 3.57. The minimum absolute atomic E-state index is 1.13. The van der Waals surface area contributed by atoms with Gasteiger partial charge in [-0.25, -0.2) is 0 Å². The molecule has 0 atom stereocenters. The van der Waals surface area contributed by atoms with E-state index < -0.39 is 0 Å². The number of nitrogens with one attached hydrogen (secondary N) is 1. The Kier molecular flexibility index (Phi) is 4.15. The highest BCUT2D eigenvalue weighted by Crippen LogP contribution is 2.27. The molecule has 0 unspecified atom stereocenters. The molecule has 108 valence electrons. The molecule has 3 rings (SSSR count). The molecule has 0 spiro atoms. The Bertz CT molecular complexity index is 612. The maximum Gasteiger partial charge on any atom is 0.0483 e. The number of halogens is 1. The summed E-state index contributed by atoms with van der Waals surface area (Å²) in [6.07, 6.45) is 1.13. The summed E-state index contributed by atoms with van der Waals surface area (Å²) >= 11 is 3.58. The second-order valence-electron chi connectivity index (χ2n) is 5.63. The molecule has 1 N–H and O–H groups in total. The smallest absolute Gasteiger partial charge is 0.0483 e. The first-order valence-corrected chi connectivity index (χ1v) is 8.12. The quantitative estimate of drug-likeness (QED) is 0.930. The lowest BCUT2D eigenvalue weighted by atomic mass is 10.1. The molecule has 4 heteroatoms. The molecule has 0 amide bonds. The second-order valence-corrected chi connectivity index (χ2v) is 6.55. The van der Waals surface area contributed by atoms with E-state index in [1.54, 1.807) is 0 Å². The van der Waals surface area contributed by atoms with E-state index in [9.17, 15) is 0 Å². The van der Waals surface area contributed by atoms with Crippen LogP contribution in [0.25, 0.3) is 10.9 Å². The summed E-state index contributed by atoms with van der Waals surface area (Å²) in [5.74, 6) is 0. The van der Waals surface area contributed by atoms with Gasteiger partial charge in [-0.15, -0.1) is 0 Å². The summed E-state index contributed by atoms with van der Waals surface area (Å²) in [7, 11) is 2.19. The number of nitrogens with zero attached hydrogens (tertiary/aromatic N) is 2. The van der Waals surface area contributed by atoms with Gasteiger partial charge in [-0.2, -0.15) is 0 Å². The van der Waals surface area contributed by atoms with Crippen molar-refractivity contribution in [2.75, 3.05) is 32.7 Å². The van der Waals surface area contributed by atoms with Crippen molar-refractivity contribution in [3.63, 3.8) is 0 Å². The lowest BCUT2D eigenvalue weighted by molar-refractivity contribution is 0.242. The molecule has 0 radical (unpaired) electrons. The SMILES string of the molecule is Cc1c(CCN2CCNCC2)n(C)c2ccc(Br)cc12. The molecule has 0 aliphatic carbocycles. The third-order valence-electron chi connectivity index (χ3n) is 4.44. The van der Waals surface area contributed by atoms with Crippen LogP contribution in [-0.2, 0) is 13.5 Å². The molecular weight excluding hydrogens is 314 g/mol. The highest BCUT2D eigenvalue weighted by atomic mass is 79.9. The second kappa shape index (κ2) is 5.88. The Morgan fingerprint density at radius 3 is 2.75 bits per heavy atom. The van der Waals surface area contributed by atoms with Gasteiger partial charge in [0.25, 0.3) is 0 Å². The zero-order valence-electron chi connectivity index (χ0n) is 12.2. The number of rotatable bonds is 3. The topological polar surface area (TPSA) is 20.2 Å². The van der Waals surface area contributed by atoms with Crippen LogP contribution in [0.1, 0.15) is 11.3 Å². The number of hydrogen-bond donors (Lipinski definition) is 1. The van der Waals surface area contributed by atoms with Gasteiger partial charge >= 0.3 is 0 Å². The molecule has 1 aromatic carbocycles. The van der Waals surface area contributed by atoms with Crippen LogP contribution in [0, 0.1) is 6.92 Å². The summed E-state index contributed by atoms with van der Waals surface area (Å²) in [4.78, 5) is 2.56. The zero-order chi connectivity index (χ0) is 14.1. The molecular formula is C16H22BrN3. The first kappa shape index (κ1) is 14.1. The van der Waals surface area contributed by atoms with E-state index in [4.69, 9.17) is 0 Å². The number of aryl methyl sites for hydroxylation is 2. The standard InChI is InChI=1S/C16H22BrN3/c1-12-14-11-13(17)3-4-16(14)19(2)15(12)5-8-20-9-6-18-7-10-20/h3-4,11,18H,5-10H2,1-2H3. The van der Waals surface area contributed by atoms with Crippen LogP contribution >= 0.6 is 15.9 Å². The van der Waals surface area contributed by atoms with Gasteiger partial charge < -0.3 is 14.8 Å². The van der Waals surface area contributed by atoms with Crippen molar-refractivity contribution >= 4 is 26.8 Å². The number of hydrogen-bond acceptors (Lipinski definition) is 2. The molecule has 20 heavy (non-hydrogen) atoms. The van der Waals surface area contributed by atoms with Crippen molar-refractivity contribution in [2.45, 2.75) is 13.3 Å². The Morgan fingerprint density at radius 2 is 2.00 bits per heavy atom. The summed E-state index contributed by atoms with van der Waals surface area (Å²) in [6.45, 7) is 8.01. The van der Waals surface area contributed by atoms with Gasteiger partial charge in [0.05, 0.1) is 0 Å². The third kappa shape index (κ3) is 2.65. The van der Waals surface area contributed by atoms with Crippen LogP contribution in [0.5, 0.6) is 0 Å². The predicted molar refractivity (Wildman–Crippen MR) is 88.4 cm³/mol. The molecule has 1 aliphatic heterocycles. The van der Waals surface area contributed by atoms with Crippen LogP contribution < -0.4 is 5.32 Å². The third-order valence-corrected chi connectivity index (χ3v) is 4.93. The molecule has 3 nitrogen and oxygen atoms in total. The van der Waals surface area contributed by atoms with Crippen LogP contribution in [0.3, 0.4) is 0 Å². The first-order chi connectivity index (χ1) is 9.66. The van der Waals surface area contributed by atoms with E-state index in [1.807, 2.05) is 0 Å². The average molecular weight is 336 g/mol. The van der Waals surface area contributed by atoms with Crippen molar-refractivity contribution < 1.29 is 0 Å². The van der Waals surface area contributed by atoms with Gasteiger partial charge in [-0.3, -0.25) is 0 Å². The van der Waals surface area contributed by atoms with E-state index in [0.717, 1.165) is 30.5 Å². The minimum Gasteiger partial charge on any atom is -0.347 e. The first-order valence-electron chi connectivity index (χ1n) is 7.33.